The van der Waals surface area contributed by atoms with Crippen LogP contribution in [0.2, 0.25) is 0 Å². The molecule has 0 N–H and O–H groups in total. The lowest BCUT2D eigenvalue weighted by Gasteiger charge is -2.03. The van der Waals surface area contributed by atoms with Gasteiger partial charge in [0, 0.05) is 0 Å². The first-order valence-electron chi connectivity index (χ1n) is 5.90. The number of alkyl halides is 3. The number of aromatic nitrogens is 1. The fourth-order valence-corrected chi connectivity index (χ4v) is 1.46. The van der Waals surface area contributed by atoms with E-state index >= 15 is 0 Å². The highest BCUT2D eigenvalue weighted by Crippen LogP contribution is 2.35. The first-order chi connectivity index (χ1) is 9.91. The molecule has 1 aromatic carbocycles. The number of oxazole rings is 1. The minimum atomic E-state index is -4.86. The van der Waals surface area contributed by atoms with Gasteiger partial charge in [-0.05, 0) is 19.1 Å². The molecule has 2 aromatic rings. The summed E-state index contributed by atoms with van der Waals surface area (Å²) < 4.78 is 52.7. The molecule has 0 aliphatic heterocycles. The van der Waals surface area contributed by atoms with Crippen LogP contribution in [-0.4, -0.2) is 17.6 Å². The number of rotatable bonds is 4. The van der Waals surface area contributed by atoms with Crippen LogP contribution < -0.4 is 4.74 Å². The molecule has 21 heavy (non-hydrogen) atoms. The third-order valence-electron chi connectivity index (χ3n) is 2.29. The number of esters is 1. The van der Waals surface area contributed by atoms with Gasteiger partial charge in [-0.1, -0.05) is 18.2 Å². The van der Waals surface area contributed by atoms with Crippen molar-refractivity contribution in [2.45, 2.75) is 13.1 Å². The third-order valence-corrected chi connectivity index (χ3v) is 2.29. The fourth-order valence-electron chi connectivity index (χ4n) is 1.46. The van der Waals surface area contributed by atoms with Crippen molar-refractivity contribution in [3.05, 3.63) is 41.8 Å². The van der Waals surface area contributed by atoms with Gasteiger partial charge in [-0.25, -0.2) is 4.79 Å². The lowest BCUT2D eigenvalue weighted by atomic mass is 10.3. The van der Waals surface area contributed by atoms with Crippen LogP contribution in [0.3, 0.4) is 0 Å². The maximum Gasteiger partial charge on any atom is 0.437 e. The molecule has 0 radical (unpaired) electrons. The Morgan fingerprint density at radius 2 is 1.95 bits per heavy atom. The van der Waals surface area contributed by atoms with Crippen LogP contribution in [0.15, 0.2) is 34.7 Å². The minimum Gasteiger partial charge on any atom is -0.460 e. The van der Waals surface area contributed by atoms with Crippen molar-refractivity contribution in [2.75, 3.05) is 6.61 Å². The molecule has 0 spiro atoms. The zero-order valence-electron chi connectivity index (χ0n) is 10.8. The van der Waals surface area contributed by atoms with Gasteiger partial charge in [0.05, 0.1) is 6.61 Å². The van der Waals surface area contributed by atoms with Gasteiger partial charge >= 0.3 is 18.2 Å². The molecule has 1 heterocycles. The predicted octanol–water partition coefficient (Wildman–Crippen LogP) is 3.66. The van der Waals surface area contributed by atoms with Crippen LogP contribution in [0.5, 0.6) is 11.8 Å². The van der Waals surface area contributed by atoms with Crippen LogP contribution in [0, 0.1) is 0 Å². The van der Waals surface area contributed by atoms with Gasteiger partial charge in [-0.15, -0.1) is 0 Å². The van der Waals surface area contributed by atoms with Crippen molar-refractivity contribution in [2.24, 2.45) is 0 Å². The average molecular weight is 301 g/mol. The van der Waals surface area contributed by atoms with E-state index in [0.717, 1.165) is 0 Å². The number of halogens is 3. The Labute approximate surface area is 117 Å². The summed E-state index contributed by atoms with van der Waals surface area (Å²) in [6.45, 7) is 1.37. The van der Waals surface area contributed by atoms with Gasteiger partial charge in [0.1, 0.15) is 5.75 Å². The molecule has 0 atom stereocenters. The monoisotopic (exact) mass is 301 g/mol. The quantitative estimate of drug-likeness (QED) is 0.806. The Hall–Kier alpha value is -2.51. The number of para-hydroxylation sites is 1. The van der Waals surface area contributed by atoms with E-state index in [1.54, 1.807) is 18.2 Å². The Kier molecular flexibility index (Phi) is 4.15. The molecular formula is C13H10F3NO4. The van der Waals surface area contributed by atoms with Crippen LogP contribution in [0.1, 0.15) is 23.2 Å². The number of nitrogens with zero attached hydrogens (tertiary/aromatic N) is 1. The molecule has 5 nitrogen and oxygen atoms in total. The molecule has 0 fully saturated rings. The zero-order valence-corrected chi connectivity index (χ0v) is 10.8. The Morgan fingerprint density at radius 1 is 1.29 bits per heavy atom. The Bertz CT molecular complexity index is 622. The number of benzene rings is 1. The van der Waals surface area contributed by atoms with E-state index in [9.17, 15) is 18.0 Å². The smallest absolute Gasteiger partial charge is 0.437 e. The first kappa shape index (κ1) is 14.9. The van der Waals surface area contributed by atoms with Gasteiger partial charge in [0.15, 0.2) is 0 Å². The van der Waals surface area contributed by atoms with Crippen LogP contribution >= 0.6 is 0 Å². The normalized spacial score (nSPS) is 11.2. The molecule has 1 aromatic heterocycles. The summed E-state index contributed by atoms with van der Waals surface area (Å²) in [6.07, 6.45) is -5.54. The molecule has 2 rings (SSSR count). The molecule has 0 saturated heterocycles. The zero-order chi connectivity index (χ0) is 15.5. The van der Waals surface area contributed by atoms with Gasteiger partial charge in [-0.3, -0.25) is 0 Å². The Balaban J connectivity index is 2.34. The van der Waals surface area contributed by atoms with E-state index in [-0.39, 0.29) is 12.4 Å². The highest BCUT2D eigenvalue weighted by atomic mass is 19.4. The topological polar surface area (TPSA) is 61.6 Å². The summed E-state index contributed by atoms with van der Waals surface area (Å²) in [6, 6.07) is 7.95. The largest absolute Gasteiger partial charge is 0.460 e. The number of ether oxygens (including phenoxy) is 2. The second-order valence-electron chi connectivity index (χ2n) is 3.79. The fraction of sp³-hybridized carbons (Fsp3) is 0.231. The van der Waals surface area contributed by atoms with Gasteiger partial charge in [-0.2, -0.15) is 18.2 Å². The molecule has 0 saturated carbocycles. The molecule has 112 valence electrons. The van der Waals surface area contributed by atoms with Crippen molar-refractivity contribution >= 4 is 5.97 Å². The summed E-state index contributed by atoms with van der Waals surface area (Å²) >= 11 is 0. The predicted molar refractivity (Wildman–Crippen MR) is 64.0 cm³/mol. The molecular weight excluding hydrogens is 291 g/mol. The summed E-state index contributed by atoms with van der Waals surface area (Å²) in [5.41, 5.74) is -1.48. The highest BCUT2D eigenvalue weighted by Gasteiger charge is 2.42. The standard InChI is InChI=1S/C13H10F3NO4/c1-2-19-11(18)9-10(13(14,15)16)17-12(21-9)20-8-6-4-3-5-7-8/h3-7H,2H2,1H3. The van der Waals surface area contributed by atoms with Crippen molar-refractivity contribution in [3.8, 4) is 11.8 Å². The Morgan fingerprint density at radius 3 is 2.52 bits per heavy atom. The SMILES string of the molecule is CCOC(=O)c1oc(Oc2ccccc2)nc1C(F)(F)F. The second-order valence-corrected chi connectivity index (χ2v) is 3.79. The van der Waals surface area contributed by atoms with Crippen molar-refractivity contribution < 1.29 is 31.9 Å². The van der Waals surface area contributed by atoms with E-state index < -0.39 is 29.7 Å². The summed E-state index contributed by atoms with van der Waals surface area (Å²) in [7, 11) is 0. The van der Waals surface area contributed by atoms with E-state index in [0.29, 0.717) is 0 Å². The molecule has 0 unspecified atom stereocenters. The maximum absolute atomic E-state index is 12.8. The molecule has 0 aliphatic rings. The van der Waals surface area contributed by atoms with Crippen molar-refractivity contribution in [1.82, 2.24) is 4.98 Å². The highest BCUT2D eigenvalue weighted by molar-refractivity contribution is 5.87. The van der Waals surface area contributed by atoms with E-state index in [4.69, 9.17) is 9.15 Å². The van der Waals surface area contributed by atoms with Crippen molar-refractivity contribution in [3.63, 3.8) is 0 Å². The number of hydrogen-bond donors (Lipinski definition) is 0. The molecule has 0 amide bonds. The second kappa shape index (κ2) is 5.86. The maximum atomic E-state index is 12.8. The number of carbonyl (C=O) groups excluding carboxylic acids is 1. The van der Waals surface area contributed by atoms with Gasteiger partial charge in [0.25, 0.3) is 0 Å². The van der Waals surface area contributed by atoms with Crippen molar-refractivity contribution in [1.29, 1.82) is 0 Å². The number of carbonyl (C=O) groups is 1. The van der Waals surface area contributed by atoms with E-state index in [2.05, 4.69) is 9.72 Å². The van der Waals surface area contributed by atoms with Gasteiger partial charge < -0.3 is 13.9 Å². The lowest BCUT2D eigenvalue weighted by Crippen LogP contribution is -2.14. The average Bonchev–Trinajstić information content (AvgIpc) is 2.84. The van der Waals surface area contributed by atoms with Crippen LogP contribution in [-0.2, 0) is 10.9 Å². The van der Waals surface area contributed by atoms with E-state index in [1.807, 2.05) is 0 Å². The first-order valence-corrected chi connectivity index (χ1v) is 5.90. The number of hydrogen-bond acceptors (Lipinski definition) is 5. The molecule has 0 bridgehead atoms. The van der Waals surface area contributed by atoms with Gasteiger partial charge in [0.2, 0.25) is 11.5 Å². The van der Waals surface area contributed by atoms with E-state index in [1.165, 1.54) is 19.1 Å². The lowest BCUT2D eigenvalue weighted by molar-refractivity contribution is -0.141. The molecule has 0 aliphatic carbocycles. The van der Waals surface area contributed by atoms with Crippen LogP contribution in [0.4, 0.5) is 13.2 Å². The third kappa shape index (κ3) is 3.53. The summed E-state index contributed by atoms with van der Waals surface area (Å²) in [4.78, 5) is 14.6. The summed E-state index contributed by atoms with van der Waals surface area (Å²) in [5, 5.41) is 0. The molecule has 8 heteroatoms. The minimum absolute atomic E-state index is 0.0916. The van der Waals surface area contributed by atoms with Crippen LogP contribution in [0.25, 0.3) is 0 Å². The summed E-state index contributed by atoms with van der Waals surface area (Å²) in [5.74, 6) is -2.06.